The van der Waals surface area contributed by atoms with Crippen molar-refractivity contribution in [2.45, 2.75) is 25.8 Å². The molecule has 4 nitrogen and oxygen atoms in total. The lowest BCUT2D eigenvalue weighted by atomic mass is 10.1. The molecule has 1 aromatic heterocycles. The molecule has 1 fully saturated rings. The molecule has 1 saturated carbocycles. The van der Waals surface area contributed by atoms with Crippen LogP contribution in [0.3, 0.4) is 0 Å². The van der Waals surface area contributed by atoms with E-state index >= 15 is 0 Å². The van der Waals surface area contributed by atoms with Crippen molar-refractivity contribution < 1.29 is 9.53 Å². The van der Waals surface area contributed by atoms with Crippen LogP contribution in [0.2, 0.25) is 5.02 Å². The molecular weight excluding hydrogens is 276 g/mol. The summed E-state index contributed by atoms with van der Waals surface area (Å²) < 4.78 is 4.97. The Hall–Kier alpha value is -1.81. The average Bonchev–Trinajstić information content (AvgIpc) is 3.23. The smallest absolute Gasteiger partial charge is 0.339 e. The molecule has 0 atom stereocenters. The van der Waals surface area contributed by atoms with Gasteiger partial charge in [-0.3, -0.25) is 4.98 Å². The summed E-state index contributed by atoms with van der Waals surface area (Å²) in [5, 5.41) is 4.85. The van der Waals surface area contributed by atoms with Crippen LogP contribution in [-0.4, -0.2) is 23.6 Å². The van der Waals surface area contributed by atoms with Gasteiger partial charge >= 0.3 is 5.97 Å². The maximum atomic E-state index is 11.7. The molecule has 0 amide bonds. The fourth-order valence-corrected chi connectivity index (χ4v) is 2.26. The Morgan fingerprint density at radius 1 is 1.45 bits per heavy atom. The van der Waals surface area contributed by atoms with Gasteiger partial charge in [0.05, 0.1) is 28.4 Å². The van der Waals surface area contributed by atoms with Crippen LogP contribution in [0.5, 0.6) is 0 Å². The van der Waals surface area contributed by atoms with Gasteiger partial charge in [0.25, 0.3) is 0 Å². The number of fused-ring (bicyclic) bond motifs is 1. The SMILES string of the molecule is CCOC(=O)c1cnc2cc(NC3CC3)c(Cl)cc2c1. The molecule has 1 heterocycles. The van der Waals surface area contributed by atoms with Gasteiger partial charge in [0.15, 0.2) is 0 Å². The van der Waals surface area contributed by atoms with E-state index in [2.05, 4.69) is 10.3 Å². The number of hydrogen-bond acceptors (Lipinski definition) is 4. The number of esters is 1. The molecule has 0 spiro atoms. The fourth-order valence-electron chi connectivity index (χ4n) is 2.03. The standard InChI is InChI=1S/C15H15ClN2O2/c1-2-20-15(19)10-5-9-6-12(16)14(18-11-3-4-11)7-13(9)17-8-10/h5-8,11,18H,2-4H2,1H3. The van der Waals surface area contributed by atoms with Gasteiger partial charge in [0.2, 0.25) is 0 Å². The summed E-state index contributed by atoms with van der Waals surface area (Å²) in [4.78, 5) is 16.0. The summed E-state index contributed by atoms with van der Waals surface area (Å²) in [7, 11) is 0. The van der Waals surface area contributed by atoms with Gasteiger partial charge in [-0.15, -0.1) is 0 Å². The lowest BCUT2D eigenvalue weighted by Gasteiger charge is -2.09. The first-order valence-corrected chi connectivity index (χ1v) is 7.08. The maximum Gasteiger partial charge on any atom is 0.339 e. The van der Waals surface area contributed by atoms with Crippen molar-refractivity contribution >= 4 is 34.2 Å². The second-order valence-corrected chi connectivity index (χ2v) is 5.30. The van der Waals surface area contributed by atoms with Crippen LogP contribution in [0.4, 0.5) is 5.69 Å². The van der Waals surface area contributed by atoms with Crippen molar-refractivity contribution in [3.63, 3.8) is 0 Å². The molecule has 20 heavy (non-hydrogen) atoms. The largest absolute Gasteiger partial charge is 0.462 e. The van der Waals surface area contributed by atoms with Crippen molar-refractivity contribution in [2.75, 3.05) is 11.9 Å². The first kappa shape index (κ1) is 13.2. The van der Waals surface area contributed by atoms with Crippen molar-refractivity contribution in [3.05, 3.63) is 35.0 Å². The summed E-state index contributed by atoms with van der Waals surface area (Å²) in [5.41, 5.74) is 2.15. The van der Waals surface area contributed by atoms with Gasteiger partial charge < -0.3 is 10.1 Å². The second-order valence-electron chi connectivity index (χ2n) is 4.89. The van der Waals surface area contributed by atoms with E-state index in [1.165, 1.54) is 19.0 Å². The van der Waals surface area contributed by atoms with E-state index in [1.54, 1.807) is 13.0 Å². The first-order valence-electron chi connectivity index (χ1n) is 6.70. The number of pyridine rings is 1. The van der Waals surface area contributed by atoms with E-state index in [-0.39, 0.29) is 5.97 Å². The van der Waals surface area contributed by atoms with Crippen LogP contribution in [-0.2, 0) is 4.74 Å². The molecule has 0 bridgehead atoms. The molecule has 1 aliphatic carbocycles. The Morgan fingerprint density at radius 3 is 2.95 bits per heavy atom. The van der Waals surface area contributed by atoms with E-state index in [9.17, 15) is 4.79 Å². The normalized spacial score (nSPS) is 14.3. The summed E-state index contributed by atoms with van der Waals surface area (Å²) in [6, 6.07) is 6.04. The number of anilines is 1. The number of benzene rings is 1. The molecule has 1 N–H and O–H groups in total. The van der Waals surface area contributed by atoms with Gasteiger partial charge in [-0.25, -0.2) is 4.79 Å². The van der Waals surface area contributed by atoms with E-state index in [4.69, 9.17) is 16.3 Å². The monoisotopic (exact) mass is 290 g/mol. The van der Waals surface area contributed by atoms with Gasteiger partial charge in [-0.1, -0.05) is 11.6 Å². The van der Waals surface area contributed by atoms with Gasteiger partial charge in [0, 0.05) is 17.6 Å². The Morgan fingerprint density at radius 2 is 2.25 bits per heavy atom. The third-order valence-electron chi connectivity index (χ3n) is 3.22. The Balaban J connectivity index is 1.96. The Bertz CT molecular complexity index is 668. The molecule has 104 valence electrons. The summed E-state index contributed by atoms with van der Waals surface area (Å²) in [5.74, 6) is -0.363. The average molecular weight is 291 g/mol. The molecule has 0 saturated heterocycles. The second kappa shape index (κ2) is 5.29. The zero-order valence-corrected chi connectivity index (χ0v) is 11.9. The molecule has 1 aliphatic rings. The van der Waals surface area contributed by atoms with Crippen LogP contribution < -0.4 is 5.32 Å². The number of carbonyl (C=O) groups excluding carboxylic acids is 1. The lowest BCUT2D eigenvalue weighted by Crippen LogP contribution is -2.05. The number of aromatic nitrogens is 1. The number of nitrogens with zero attached hydrogens (tertiary/aromatic N) is 1. The number of halogens is 1. The van der Waals surface area contributed by atoms with Gasteiger partial charge in [0.1, 0.15) is 0 Å². The first-order chi connectivity index (χ1) is 9.67. The molecule has 0 aliphatic heterocycles. The lowest BCUT2D eigenvalue weighted by molar-refractivity contribution is 0.0526. The van der Waals surface area contributed by atoms with Crippen molar-refractivity contribution in [1.82, 2.24) is 4.98 Å². The Labute approximate surface area is 122 Å². The zero-order chi connectivity index (χ0) is 14.1. The van der Waals surface area contributed by atoms with E-state index in [0.29, 0.717) is 23.2 Å². The predicted molar refractivity (Wildman–Crippen MR) is 79.4 cm³/mol. The highest BCUT2D eigenvalue weighted by Crippen LogP contribution is 2.32. The minimum Gasteiger partial charge on any atom is -0.462 e. The molecule has 2 aromatic rings. The number of rotatable bonds is 4. The van der Waals surface area contributed by atoms with Crippen LogP contribution in [0.1, 0.15) is 30.1 Å². The topological polar surface area (TPSA) is 51.2 Å². The molecule has 3 rings (SSSR count). The summed E-state index contributed by atoms with van der Waals surface area (Å²) >= 11 is 6.26. The highest BCUT2D eigenvalue weighted by Gasteiger charge is 2.22. The highest BCUT2D eigenvalue weighted by atomic mass is 35.5. The number of ether oxygens (including phenoxy) is 1. The molecule has 0 unspecified atom stereocenters. The molecule has 5 heteroatoms. The van der Waals surface area contributed by atoms with Gasteiger partial charge in [-0.2, -0.15) is 0 Å². The minimum absolute atomic E-state index is 0.349. The quantitative estimate of drug-likeness (QED) is 0.874. The molecular formula is C15H15ClN2O2. The van der Waals surface area contributed by atoms with Gasteiger partial charge in [-0.05, 0) is 38.0 Å². The van der Waals surface area contributed by atoms with Crippen LogP contribution in [0, 0.1) is 0 Å². The number of hydrogen-bond donors (Lipinski definition) is 1. The third kappa shape index (κ3) is 2.70. The predicted octanol–water partition coefficient (Wildman–Crippen LogP) is 3.64. The number of nitrogens with one attached hydrogen (secondary N) is 1. The molecule has 1 aromatic carbocycles. The highest BCUT2D eigenvalue weighted by molar-refractivity contribution is 6.34. The maximum absolute atomic E-state index is 11.7. The summed E-state index contributed by atoms with van der Waals surface area (Å²) in [6.45, 7) is 2.13. The number of carbonyl (C=O) groups is 1. The van der Waals surface area contributed by atoms with Crippen LogP contribution in [0.25, 0.3) is 10.9 Å². The van der Waals surface area contributed by atoms with E-state index in [0.717, 1.165) is 16.6 Å². The molecule has 0 radical (unpaired) electrons. The minimum atomic E-state index is -0.363. The zero-order valence-electron chi connectivity index (χ0n) is 11.1. The van der Waals surface area contributed by atoms with Crippen molar-refractivity contribution in [1.29, 1.82) is 0 Å². The fraction of sp³-hybridized carbons (Fsp3) is 0.333. The van der Waals surface area contributed by atoms with E-state index in [1.807, 2.05) is 12.1 Å². The van der Waals surface area contributed by atoms with Crippen molar-refractivity contribution in [3.8, 4) is 0 Å². The Kier molecular flexibility index (Phi) is 3.49. The van der Waals surface area contributed by atoms with Crippen LogP contribution >= 0.6 is 11.6 Å². The third-order valence-corrected chi connectivity index (χ3v) is 3.53. The van der Waals surface area contributed by atoms with Crippen molar-refractivity contribution in [2.24, 2.45) is 0 Å². The van der Waals surface area contributed by atoms with Crippen LogP contribution in [0.15, 0.2) is 24.4 Å². The summed E-state index contributed by atoms with van der Waals surface area (Å²) in [6.07, 6.45) is 3.91. The van der Waals surface area contributed by atoms with E-state index < -0.39 is 0 Å².